The van der Waals surface area contributed by atoms with Gasteiger partial charge in [0, 0.05) is 11.1 Å². The Morgan fingerprint density at radius 2 is 1.00 bits per heavy atom. The lowest BCUT2D eigenvalue weighted by atomic mass is 9.86. The van der Waals surface area contributed by atoms with Gasteiger partial charge < -0.3 is 5.73 Å². The van der Waals surface area contributed by atoms with Crippen molar-refractivity contribution in [2.45, 2.75) is 13.8 Å². The van der Waals surface area contributed by atoms with E-state index in [-0.39, 0.29) is 0 Å². The summed E-state index contributed by atoms with van der Waals surface area (Å²) >= 11 is 0. The van der Waals surface area contributed by atoms with Gasteiger partial charge in [-0.3, -0.25) is 0 Å². The first-order valence-corrected chi connectivity index (χ1v) is 10.1. The molecule has 0 saturated heterocycles. The molecule has 0 spiro atoms. The highest BCUT2D eigenvalue weighted by Gasteiger charge is 2.17. The van der Waals surface area contributed by atoms with Crippen LogP contribution in [0.3, 0.4) is 0 Å². The number of anilines is 1. The molecular formula is C28H21N. The van der Waals surface area contributed by atoms with Crippen LogP contribution in [0.25, 0.3) is 54.2 Å². The van der Waals surface area contributed by atoms with Crippen molar-refractivity contribution in [1.82, 2.24) is 0 Å². The van der Waals surface area contributed by atoms with E-state index in [1.807, 2.05) is 0 Å². The van der Waals surface area contributed by atoms with Crippen LogP contribution in [0.2, 0.25) is 0 Å². The van der Waals surface area contributed by atoms with Crippen molar-refractivity contribution < 1.29 is 0 Å². The lowest BCUT2D eigenvalue weighted by molar-refractivity contribution is 1.39. The first-order chi connectivity index (χ1) is 14.1. The first-order valence-electron chi connectivity index (χ1n) is 10.1. The van der Waals surface area contributed by atoms with Crippen LogP contribution in [0.5, 0.6) is 0 Å². The molecule has 138 valence electrons. The third-order valence-electron chi connectivity index (χ3n) is 6.64. The Labute approximate surface area is 169 Å². The van der Waals surface area contributed by atoms with E-state index in [0.29, 0.717) is 0 Å². The molecule has 1 nitrogen and oxygen atoms in total. The molecule has 0 amide bonds. The molecule has 2 aliphatic carbocycles. The number of rotatable bonds is 0. The van der Waals surface area contributed by atoms with Crippen LogP contribution >= 0.6 is 0 Å². The third-order valence-corrected chi connectivity index (χ3v) is 6.64. The average molecular weight is 371 g/mol. The first kappa shape index (κ1) is 16.4. The van der Waals surface area contributed by atoms with Gasteiger partial charge in [0.25, 0.3) is 0 Å². The number of benzene rings is 6. The molecule has 7 rings (SSSR count). The Hall–Kier alpha value is -3.58. The van der Waals surface area contributed by atoms with Crippen molar-refractivity contribution in [1.29, 1.82) is 0 Å². The number of hydrogen-bond donors (Lipinski definition) is 1. The Kier molecular flexibility index (Phi) is 3.23. The Bertz CT molecular complexity index is 1530. The van der Waals surface area contributed by atoms with Gasteiger partial charge in [-0.1, -0.05) is 78.9 Å². The SMILES string of the molecule is Cc1c(C)c2cccc3c4cccc5cccc(c(c1N)c23)c54.c1cc2ccc1-2. The highest BCUT2D eigenvalue weighted by molar-refractivity contribution is 6.35. The molecule has 0 bridgehead atoms. The van der Waals surface area contributed by atoms with E-state index < -0.39 is 0 Å². The van der Waals surface area contributed by atoms with E-state index in [9.17, 15) is 0 Å². The molecule has 5 aromatic rings. The quantitative estimate of drug-likeness (QED) is 0.166. The van der Waals surface area contributed by atoms with Crippen LogP contribution in [0.15, 0.2) is 78.9 Å². The number of fused-ring (bicyclic) bond motifs is 3. The second-order valence-corrected chi connectivity index (χ2v) is 8.05. The minimum atomic E-state index is 0.921. The molecule has 0 saturated carbocycles. The van der Waals surface area contributed by atoms with Crippen molar-refractivity contribution in [3.8, 4) is 11.1 Å². The summed E-state index contributed by atoms with van der Waals surface area (Å²) in [5.74, 6) is 0. The second kappa shape index (κ2) is 5.71. The van der Waals surface area contributed by atoms with Crippen molar-refractivity contribution in [2.75, 3.05) is 5.73 Å². The minimum Gasteiger partial charge on any atom is -0.398 e. The molecule has 0 unspecified atom stereocenters. The Morgan fingerprint density at radius 1 is 0.483 bits per heavy atom. The van der Waals surface area contributed by atoms with Gasteiger partial charge in [0.05, 0.1) is 0 Å². The largest absolute Gasteiger partial charge is 0.398 e. The van der Waals surface area contributed by atoms with Gasteiger partial charge in [-0.15, -0.1) is 0 Å². The molecule has 1 heteroatoms. The van der Waals surface area contributed by atoms with Crippen LogP contribution in [0.4, 0.5) is 5.69 Å². The van der Waals surface area contributed by atoms with Crippen molar-refractivity contribution in [3.05, 3.63) is 90.0 Å². The lowest BCUT2D eigenvalue weighted by Crippen LogP contribution is -1.98. The predicted molar refractivity (Wildman–Crippen MR) is 127 cm³/mol. The van der Waals surface area contributed by atoms with Crippen LogP contribution in [-0.4, -0.2) is 0 Å². The summed E-state index contributed by atoms with van der Waals surface area (Å²) in [6.45, 7) is 4.31. The third kappa shape index (κ3) is 2.10. The summed E-state index contributed by atoms with van der Waals surface area (Å²) in [6.07, 6.45) is 0. The van der Waals surface area contributed by atoms with Gasteiger partial charge >= 0.3 is 0 Å². The fourth-order valence-corrected chi connectivity index (χ4v) is 4.80. The highest BCUT2D eigenvalue weighted by Crippen LogP contribution is 2.44. The maximum absolute atomic E-state index is 6.60. The second-order valence-electron chi connectivity index (χ2n) is 8.05. The summed E-state index contributed by atoms with van der Waals surface area (Å²) in [6, 6.07) is 28.2. The molecule has 2 N–H and O–H groups in total. The zero-order chi connectivity index (χ0) is 19.7. The van der Waals surface area contributed by atoms with Crippen molar-refractivity contribution in [2.24, 2.45) is 0 Å². The topological polar surface area (TPSA) is 26.0 Å². The molecule has 0 aliphatic heterocycles. The number of hydrogen-bond acceptors (Lipinski definition) is 1. The number of nitrogen functional groups attached to an aromatic ring is 1. The maximum atomic E-state index is 6.60. The fourth-order valence-electron chi connectivity index (χ4n) is 4.80. The minimum absolute atomic E-state index is 0.921. The molecule has 0 aromatic heterocycles. The normalized spacial score (nSPS) is 11.9. The maximum Gasteiger partial charge on any atom is 0.0433 e. The molecule has 5 aromatic carbocycles. The number of aryl methyl sites for hydroxylation is 1. The van der Waals surface area contributed by atoms with Crippen molar-refractivity contribution in [3.63, 3.8) is 0 Å². The van der Waals surface area contributed by atoms with Gasteiger partial charge in [-0.05, 0) is 73.8 Å². The van der Waals surface area contributed by atoms with Gasteiger partial charge in [0.2, 0.25) is 0 Å². The van der Waals surface area contributed by atoms with E-state index in [2.05, 4.69) is 92.7 Å². The molecular weight excluding hydrogens is 350 g/mol. The fraction of sp³-hybridized carbons (Fsp3) is 0.0714. The smallest absolute Gasteiger partial charge is 0.0433 e. The highest BCUT2D eigenvalue weighted by atomic mass is 14.6. The lowest BCUT2D eigenvalue weighted by Gasteiger charge is -2.19. The predicted octanol–water partition coefficient (Wildman–Crippen LogP) is 7.60. The summed E-state index contributed by atoms with van der Waals surface area (Å²) in [5.41, 5.74) is 12.8. The molecule has 29 heavy (non-hydrogen) atoms. The summed E-state index contributed by atoms with van der Waals surface area (Å²) in [4.78, 5) is 0. The Balaban J connectivity index is 0.000000233. The molecule has 2 aliphatic rings. The van der Waals surface area contributed by atoms with Gasteiger partial charge in [-0.2, -0.15) is 0 Å². The van der Waals surface area contributed by atoms with E-state index in [1.54, 1.807) is 0 Å². The molecule has 0 heterocycles. The van der Waals surface area contributed by atoms with Crippen LogP contribution in [0.1, 0.15) is 11.1 Å². The zero-order valence-electron chi connectivity index (χ0n) is 16.6. The van der Waals surface area contributed by atoms with Gasteiger partial charge in [0.15, 0.2) is 0 Å². The average Bonchev–Trinajstić information content (AvgIpc) is 2.74. The summed E-state index contributed by atoms with van der Waals surface area (Å²) < 4.78 is 0. The van der Waals surface area contributed by atoms with Gasteiger partial charge in [-0.25, -0.2) is 0 Å². The van der Waals surface area contributed by atoms with E-state index in [4.69, 9.17) is 5.73 Å². The molecule has 0 radical (unpaired) electrons. The summed E-state index contributed by atoms with van der Waals surface area (Å²) in [7, 11) is 0. The van der Waals surface area contributed by atoms with Crippen LogP contribution < -0.4 is 5.73 Å². The molecule has 0 atom stereocenters. The standard InChI is InChI=1S/C22H17N.C6H4/c1-12-13(2)22(23)21-18-11-4-7-14-6-3-9-16(19(14)18)17-10-5-8-15(12)20(17)21;1-2-6-4-3-5(1)6/h3-11H,23H2,1-2H3;1-4H. The van der Waals surface area contributed by atoms with E-state index in [1.165, 1.54) is 65.3 Å². The van der Waals surface area contributed by atoms with Crippen LogP contribution in [0, 0.1) is 13.8 Å². The van der Waals surface area contributed by atoms with Gasteiger partial charge in [0.1, 0.15) is 0 Å². The zero-order valence-corrected chi connectivity index (χ0v) is 16.6. The van der Waals surface area contributed by atoms with Crippen molar-refractivity contribution >= 4 is 48.8 Å². The monoisotopic (exact) mass is 371 g/mol. The van der Waals surface area contributed by atoms with E-state index >= 15 is 0 Å². The van der Waals surface area contributed by atoms with E-state index in [0.717, 1.165) is 5.69 Å². The molecule has 0 fully saturated rings. The number of nitrogens with two attached hydrogens (primary N) is 1. The summed E-state index contributed by atoms with van der Waals surface area (Å²) in [5, 5.41) is 10.3. The Morgan fingerprint density at radius 3 is 1.59 bits per heavy atom. The van der Waals surface area contributed by atoms with Crippen LogP contribution in [-0.2, 0) is 0 Å².